The predicted molar refractivity (Wildman–Crippen MR) is 96.6 cm³/mol. The van der Waals surface area contributed by atoms with Crippen LogP contribution in [0.25, 0.3) is 10.9 Å². The Morgan fingerprint density at radius 1 is 1.18 bits per heavy atom. The predicted octanol–water partition coefficient (Wildman–Crippen LogP) is 5.09. The quantitative estimate of drug-likeness (QED) is 0.520. The molecule has 0 unspecified atom stereocenters. The van der Waals surface area contributed by atoms with Crippen LogP contribution in [-0.4, -0.2) is 21.8 Å². The molecule has 0 aliphatic rings. The van der Waals surface area contributed by atoms with Crippen molar-refractivity contribution in [2.45, 2.75) is 6.54 Å². The van der Waals surface area contributed by atoms with Gasteiger partial charge in [0, 0.05) is 6.54 Å². The molecule has 0 bridgehead atoms. The van der Waals surface area contributed by atoms with E-state index in [1.807, 2.05) is 28.8 Å². The Labute approximate surface area is 152 Å². The number of fused-ring (bicyclic) bond motifs is 1. The van der Waals surface area contributed by atoms with Gasteiger partial charge in [0.15, 0.2) is 0 Å². The summed E-state index contributed by atoms with van der Waals surface area (Å²) in [6, 6.07) is 7.87. The fourth-order valence-corrected chi connectivity index (χ4v) is 3.93. The molecule has 0 aliphatic heterocycles. The zero-order chi connectivity index (χ0) is 15.9. The second-order valence-electron chi connectivity index (χ2n) is 4.70. The third kappa shape index (κ3) is 2.66. The van der Waals surface area contributed by atoms with Crippen LogP contribution in [0, 0.1) is 0 Å². The molecular weight excluding hydrogens is 480 g/mol. The lowest BCUT2D eigenvalue weighted by Gasteiger charge is -2.09. The molecule has 0 spiro atoms. The van der Waals surface area contributed by atoms with Gasteiger partial charge in [-0.3, -0.25) is 0 Å². The van der Waals surface area contributed by atoms with E-state index < -0.39 is 0 Å². The van der Waals surface area contributed by atoms with E-state index in [2.05, 4.69) is 52.8 Å². The molecule has 22 heavy (non-hydrogen) atoms. The zero-order valence-electron chi connectivity index (χ0n) is 11.5. The number of halogens is 3. The lowest BCUT2D eigenvalue weighted by atomic mass is 10.2. The van der Waals surface area contributed by atoms with Crippen molar-refractivity contribution in [2.24, 2.45) is 0 Å². The Bertz CT molecular complexity index is 844. The monoisotopic (exact) mass is 488 g/mol. The molecule has 1 aromatic carbocycles. The maximum absolute atomic E-state index is 10.1. The molecule has 2 aromatic heterocycles. The summed E-state index contributed by atoms with van der Waals surface area (Å²) in [5.41, 5.74) is 1.94. The summed E-state index contributed by atoms with van der Waals surface area (Å²) in [6.45, 7) is 0.635. The molecule has 0 aliphatic carbocycles. The first-order chi connectivity index (χ1) is 10.5. The van der Waals surface area contributed by atoms with Crippen LogP contribution in [0.2, 0.25) is 0 Å². The molecule has 3 rings (SSSR count). The third-order valence-electron chi connectivity index (χ3n) is 3.40. The summed E-state index contributed by atoms with van der Waals surface area (Å²) in [5, 5.41) is 10.8. The van der Waals surface area contributed by atoms with E-state index in [1.54, 1.807) is 7.11 Å². The molecule has 3 aromatic rings. The van der Waals surface area contributed by atoms with Crippen molar-refractivity contribution in [3.8, 4) is 11.5 Å². The molecule has 7 heteroatoms. The fraction of sp³-hybridized carbons (Fsp3) is 0.133. The van der Waals surface area contributed by atoms with Crippen molar-refractivity contribution in [3.05, 3.63) is 49.7 Å². The average Bonchev–Trinajstić information content (AvgIpc) is 2.78. The summed E-state index contributed by atoms with van der Waals surface area (Å²) in [4.78, 5) is 4.18. The number of hydrogen-bond acceptors (Lipinski definition) is 3. The van der Waals surface area contributed by atoms with Crippen LogP contribution in [0.1, 0.15) is 5.56 Å². The second kappa shape index (κ2) is 6.22. The number of hydrogen-bond donors (Lipinski definition) is 1. The van der Waals surface area contributed by atoms with Gasteiger partial charge in [0.1, 0.15) is 20.7 Å². The van der Waals surface area contributed by atoms with Crippen molar-refractivity contribution in [1.82, 2.24) is 9.55 Å². The molecule has 1 N–H and O–H groups in total. The van der Waals surface area contributed by atoms with Gasteiger partial charge in [-0.25, -0.2) is 4.98 Å². The Balaban J connectivity index is 2.14. The largest absolute Gasteiger partial charge is 0.506 e. The molecule has 4 nitrogen and oxygen atoms in total. The van der Waals surface area contributed by atoms with Crippen LogP contribution in [0.5, 0.6) is 11.5 Å². The maximum Gasteiger partial charge on any atom is 0.144 e. The van der Waals surface area contributed by atoms with Crippen LogP contribution >= 0.6 is 47.8 Å². The first kappa shape index (κ1) is 15.8. The highest BCUT2D eigenvalue weighted by atomic mass is 79.9. The first-order valence-corrected chi connectivity index (χ1v) is 8.74. The number of rotatable bonds is 3. The minimum Gasteiger partial charge on any atom is -0.506 e. The smallest absolute Gasteiger partial charge is 0.144 e. The highest BCUT2D eigenvalue weighted by Crippen LogP contribution is 2.42. The van der Waals surface area contributed by atoms with Gasteiger partial charge in [-0.2, -0.15) is 0 Å². The van der Waals surface area contributed by atoms with Gasteiger partial charge >= 0.3 is 0 Å². The number of aromatic nitrogens is 2. The SMILES string of the molecule is COc1ccc(Cn2c(Br)c(Br)c3c(O)cnc(Br)c32)cc1. The Hall–Kier alpha value is -1.05. The van der Waals surface area contributed by atoms with Crippen LogP contribution in [0.15, 0.2) is 44.1 Å². The third-order valence-corrected chi connectivity index (χ3v) is 6.10. The number of benzene rings is 1. The van der Waals surface area contributed by atoms with Crippen LogP contribution in [-0.2, 0) is 6.54 Å². The lowest BCUT2D eigenvalue weighted by molar-refractivity contribution is 0.414. The van der Waals surface area contributed by atoms with Crippen molar-refractivity contribution >= 4 is 58.7 Å². The average molecular weight is 491 g/mol. The van der Waals surface area contributed by atoms with Gasteiger partial charge in [-0.05, 0) is 65.5 Å². The number of ether oxygens (including phenoxy) is 1. The van der Waals surface area contributed by atoms with Crippen LogP contribution in [0.3, 0.4) is 0 Å². The van der Waals surface area contributed by atoms with Crippen molar-refractivity contribution in [3.63, 3.8) is 0 Å². The number of methoxy groups -OCH3 is 1. The molecule has 0 saturated carbocycles. The first-order valence-electron chi connectivity index (χ1n) is 6.36. The van der Waals surface area contributed by atoms with E-state index in [0.717, 1.165) is 31.3 Å². The molecule has 0 saturated heterocycles. The molecule has 114 valence electrons. The maximum atomic E-state index is 10.1. The second-order valence-corrected chi connectivity index (χ2v) is 6.99. The summed E-state index contributed by atoms with van der Waals surface area (Å²) in [7, 11) is 1.65. The molecule has 2 heterocycles. The Morgan fingerprint density at radius 2 is 1.86 bits per heavy atom. The van der Waals surface area contributed by atoms with Gasteiger partial charge in [0.05, 0.1) is 28.7 Å². The number of aromatic hydroxyl groups is 1. The minimum atomic E-state index is 0.138. The number of pyridine rings is 1. The fourth-order valence-electron chi connectivity index (χ4n) is 2.31. The summed E-state index contributed by atoms with van der Waals surface area (Å²) in [6.07, 6.45) is 1.43. The van der Waals surface area contributed by atoms with Crippen molar-refractivity contribution in [2.75, 3.05) is 7.11 Å². The molecule has 0 amide bonds. The summed E-state index contributed by atoms with van der Waals surface area (Å²) in [5.74, 6) is 0.959. The zero-order valence-corrected chi connectivity index (χ0v) is 16.2. The van der Waals surface area contributed by atoms with E-state index in [0.29, 0.717) is 11.1 Å². The van der Waals surface area contributed by atoms with Crippen molar-refractivity contribution in [1.29, 1.82) is 0 Å². The van der Waals surface area contributed by atoms with E-state index in [1.165, 1.54) is 6.20 Å². The molecule has 0 radical (unpaired) electrons. The van der Waals surface area contributed by atoms with Crippen LogP contribution < -0.4 is 4.74 Å². The normalized spacial score (nSPS) is 11.1. The standard InChI is InChI=1S/C15H11Br3N2O2/c1-22-9-4-2-8(3-5-9)7-20-13-11(12(16)15(20)18)10(21)6-19-14(13)17/h2-6,21H,7H2,1H3. The Kier molecular flexibility index (Phi) is 4.47. The van der Waals surface area contributed by atoms with Crippen LogP contribution in [0.4, 0.5) is 0 Å². The highest BCUT2D eigenvalue weighted by molar-refractivity contribution is 9.13. The van der Waals surface area contributed by atoms with Crippen molar-refractivity contribution < 1.29 is 9.84 Å². The minimum absolute atomic E-state index is 0.138. The van der Waals surface area contributed by atoms with Gasteiger partial charge in [0.25, 0.3) is 0 Å². The van der Waals surface area contributed by atoms with Gasteiger partial charge in [-0.15, -0.1) is 0 Å². The summed E-state index contributed by atoms with van der Waals surface area (Å²) >= 11 is 10.6. The van der Waals surface area contributed by atoms with E-state index >= 15 is 0 Å². The summed E-state index contributed by atoms with van der Waals surface area (Å²) < 4.78 is 9.55. The molecule has 0 atom stereocenters. The van der Waals surface area contributed by atoms with E-state index in [4.69, 9.17) is 4.74 Å². The number of nitrogens with zero attached hydrogens (tertiary/aromatic N) is 2. The van der Waals surface area contributed by atoms with E-state index in [9.17, 15) is 5.11 Å². The lowest BCUT2D eigenvalue weighted by Crippen LogP contribution is -2.00. The molecular formula is C15H11Br3N2O2. The topological polar surface area (TPSA) is 47.3 Å². The van der Waals surface area contributed by atoms with E-state index in [-0.39, 0.29) is 5.75 Å². The highest BCUT2D eigenvalue weighted by Gasteiger charge is 2.19. The Morgan fingerprint density at radius 3 is 2.50 bits per heavy atom. The van der Waals surface area contributed by atoms with Gasteiger partial charge in [0.2, 0.25) is 0 Å². The van der Waals surface area contributed by atoms with Gasteiger partial charge in [-0.1, -0.05) is 12.1 Å². The molecule has 0 fully saturated rings. The van der Waals surface area contributed by atoms with Gasteiger partial charge < -0.3 is 14.4 Å².